The number of ether oxygens (including phenoxy) is 3. The summed E-state index contributed by atoms with van der Waals surface area (Å²) in [5.74, 6) is -0.231. The summed E-state index contributed by atoms with van der Waals surface area (Å²) < 4.78 is 17.7. The highest BCUT2D eigenvalue weighted by molar-refractivity contribution is 5.91. The van der Waals surface area contributed by atoms with Crippen LogP contribution in [0.15, 0.2) is 42.0 Å². The van der Waals surface area contributed by atoms with Gasteiger partial charge in [0.2, 0.25) is 0 Å². The van der Waals surface area contributed by atoms with E-state index in [1.165, 1.54) is 17.7 Å². The largest absolute Gasteiger partial charge is 0.504 e. The number of aliphatic hydroxyl groups excluding tert-OH is 1. The molecular formula is C27H34O7. The first-order valence-corrected chi connectivity index (χ1v) is 12.2. The molecule has 184 valence electrons. The molecule has 34 heavy (non-hydrogen) atoms. The van der Waals surface area contributed by atoms with Gasteiger partial charge in [-0.25, -0.2) is 4.79 Å². The van der Waals surface area contributed by atoms with Gasteiger partial charge in [0.15, 0.2) is 17.8 Å². The van der Waals surface area contributed by atoms with Gasteiger partial charge in [0.1, 0.15) is 12.7 Å². The number of aliphatic hydroxyl groups is 1. The average molecular weight is 471 g/mol. The number of carbonyl (C=O) groups excluding carboxylic acids is 1. The summed E-state index contributed by atoms with van der Waals surface area (Å²) in [6, 6.07) is 4.66. The predicted octanol–water partition coefficient (Wildman–Crippen LogP) is 4.13. The number of phenolic OH excluding ortho intramolecular Hbond substituents is 2. The number of hydrogen-bond acceptors (Lipinski definition) is 7. The Labute approximate surface area is 200 Å². The van der Waals surface area contributed by atoms with E-state index < -0.39 is 18.4 Å². The predicted molar refractivity (Wildman–Crippen MR) is 124 cm³/mol. The summed E-state index contributed by atoms with van der Waals surface area (Å²) in [7, 11) is 0. The number of fused-ring (bicyclic) bond motifs is 3. The third-order valence-corrected chi connectivity index (χ3v) is 8.96. The highest BCUT2D eigenvalue weighted by Crippen LogP contribution is 2.64. The molecule has 1 aromatic carbocycles. The Kier molecular flexibility index (Phi) is 5.78. The third-order valence-electron chi connectivity index (χ3n) is 8.96. The van der Waals surface area contributed by atoms with Crippen molar-refractivity contribution in [3.63, 3.8) is 0 Å². The lowest BCUT2D eigenvalue weighted by Gasteiger charge is -2.62. The topological polar surface area (TPSA) is 105 Å². The van der Waals surface area contributed by atoms with Crippen LogP contribution in [-0.2, 0) is 19.0 Å². The normalized spacial score (nSPS) is 41.1. The van der Waals surface area contributed by atoms with E-state index in [0.29, 0.717) is 30.1 Å². The van der Waals surface area contributed by atoms with Gasteiger partial charge in [0, 0.05) is 11.0 Å². The van der Waals surface area contributed by atoms with Gasteiger partial charge in [-0.2, -0.15) is 0 Å². The zero-order valence-electron chi connectivity index (χ0n) is 19.8. The van der Waals surface area contributed by atoms with Crippen molar-refractivity contribution >= 4 is 5.97 Å². The summed E-state index contributed by atoms with van der Waals surface area (Å²) in [4.78, 5) is 12.0. The van der Waals surface area contributed by atoms with Crippen LogP contribution in [0.4, 0.5) is 0 Å². The standard InChI is InChI=1S/C27H34O7/c1-15-4-9-22-26(2,18(15)7-6-17-21(30)13-32-24(17)31)11-10-23-27(22,3)14-33-25(34-23)16-5-8-19(28)20(29)12-16/h5-6,8,12,18,21-23,25,28-30H,1,4,7,9-11,13-14H2,2-3H3/b17-6+/t18-,21+,22+,23?,25?,26+,27+/m1/s1. The zero-order valence-corrected chi connectivity index (χ0v) is 19.8. The van der Waals surface area contributed by atoms with E-state index in [-0.39, 0.29) is 41.0 Å². The van der Waals surface area contributed by atoms with Crippen LogP contribution in [0.1, 0.15) is 57.8 Å². The molecule has 2 saturated carbocycles. The van der Waals surface area contributed by atoms with Gasteiger partial charge in [-0.1, -0.05) is 38.1 Å². The second kappa shape index (κ2) is 8.40. The first-order valence-electron chi connectivity index (χ1n) is 12.2. The van der Waals surface area contributed by atoms with Gasteiger partial charge >= 0.3 is 5.97 Å². The van der Waals surface area contributed by atoms with Crippen LogP contribution < -0.4 is 0 Å². The zero-order chi connectivity index (χ0) is 24.3. The van der Waals surface area contributed by atoms with E-state index in [2.05, 4.69) is 20.4 Å². The molecule has 2 heterocycles. The molecule has 0 amide bonds. The molecule has 2 aliphatic heterocycles. The number of rotatable bonds is 3. The molecule has 0 bridgehead atoms. The van der Waals surface area contributed by atoms with Crippen molar-refractivity contribution in [2.24, 2.45) is 22.7 Å². The van der Waals surface area contributed by atoms with Gasteiger partial charge in [-0.05, 0) is 61.5 Å². The molecule has 4 aliphatic rings. The van der Waals surface area contributed by atoms with Crippen LogP contribution in [0.3, 0.4) is 0 Å². The van der Waals surface area contributed by atoms with Gasteiger partial charge in [-0.15, -0.1) is 0 Å². The number of allylic oxidation sites excluding steroid dienone is 2. The Hall–Kier alpha value is -2.35. The van der Waals surface area contributed by atoms with E-state index in [0.717, 1.165) is 25.7 Å². The number of hydrogen-bond donors (Lipinski definition) is 3. The van der Waals surface area contributed by atoms with Crippen molar-refractivity contribution < 1.29 is 34.3 Å². The monoisotopic (exact) mass is 470 g/mol. The Balaban J connectivity index is 1.37. The second-order valence-corrected chi connectivity index (χ2v) is 10.9. The van der Waals surface area contributed by atoms with Crippen LogP contribution in [0.25, 0.3) is 0 Å². The van der Waals surface area contributed by atoms with Crippen molar-refractivity contribution in [3.05, 3.63) is 47.6 Å². The molecule has 7 atom stereocenters. The molecule has 0 aromatic heterocycles. The van der Waals surface area contributed by atoms with Gasteiger partial charge in [0.05, 0.1) is 18.3 Å². The van der Waals surface area contributed by atoms with Gasteiger partial charge in [-0.3, -0.25) is 0 Å². The Morgan fingerprint density at radius 2 is 1.97 bits per heavy atom. The number of benzene rings is 1. The minimum absolute atomic E-state index is 0.0114. The second-order valence-electron chi connectivity index (χ2n) is 10.9. The molecular weight excluding hydrogens is 436 g/mol. The number of carbonyl (C=O) groups is 1. The summed E-state index contributed by atoms with van der Waals surface area (Å²) in [5.41, 5.74) is 2.05. The minimum atomic E-state index is -0.849. The molecule has 2 saturated heterocycles. The Bertz CT molecular complexity index is 1030. The number of phenols is 2. The average Bonchev–Trinajstić information content (AvgIpc) is 3.12. The van der Waals surface area contributed by atoms with E-state index in [4.69, 9.17) is 14.2 Å². The van der Waals surface area contributed by atoms with E-state index >= 15 is 0 Å². The SMILES string of the molecule is C=C1CC[C@H]2[C@@](C)(CCC3OC(c4ccc(O)c(O)c4)OC[C@]32C)[C@@H]1C/C=C1/C(=O)OC[C@@H]1O. The van der Waals surface area contributed by atoms with E-state index in [1.54, 1.807) is 6.07 Å². The molecule has 3 N–H and O–H groups in total. The van der Waals surface area contributed by atoms with E-state index in [1.807, 2.05) is 6.08 Å². The first-order chi connectivity index (χ1) is 16.1. The molecule has 0 spiro atoms. The lowest BCUT2D eigenvalue weighted by Crippen LogP contribution is -2.60. The molecule has 5 rings (SSSR count). The van der Waals surface area contributed by atoms with Crippen molar-refractivity contribution in [1.29, 1.82) is 0 Å². The third kappa shape index (κ3) is 3.65. The summed E-state index contributed by atoms with van der Waals surface area (Å²) in [5, 5.41) is 29.6. The van der Waals surface area contributed by atoms with Crippen LogP contribution in [-0.4, -0.2) is 46.7 Å². The lowest BCUT2D eigenvalue weighted by atomic mass is 9.46. The first kappa shape index (κ1) is 23.4. The van der Waals surface area contributed by atoms with Crippen molar-refractivity contribution in [2.75, 3.05) is 13.2 Å². The molecule has 4 fully saturated rings. The Morgan fingerprint density at radius 3 is 2.68 bits per heavy atom. The van der Waals surface area contributed by atoms with Gasteiger partial charge in [0.25, 0.3) is 0 Å². The van der Waals surface area contributed by atoms with E-state index in [9.17, 15) is 20.1 Å². The fourth-order valence-corrected chi connectivity index (χ4v) is 7.06. The molecule has 0 radical (unpaired) electrons. The number of aromatic hydroxyl groups is 2. The fourth-order valence-electron chi connectivity index (χ4n) is 7.06. The smallest absolute Gasteiger partial charge is 0.336 e. The highest BCUT2D eigenvalue weighted by Gasteiger charge is 2.60. The van der Waals surface area contributed by atoms with Crippen LogP contribution in [0.2, 0.25) is 0 Å². The van der Waals surface area contributed by atoms with Gasteiger partial charge < -0.3 is 29.5 Å². The Morgan fingerprint density at radius 1 is 1.18 bits per heavy atom. The van der Waals surface area contributed by atoms with Crippen molar-refractivity contribution in [3.8, 4) is 11.5 Å². The molecule has 7 nitrogen and oxygen atoms in total. The van der Waals surface area contributed by atoms with Crippen molar-refractivity contribution in [2.45, 2.75) is 64.4 Å². The lowest BCUT2D eigenvalue weighted by molar-refractivity contribution is -0.307. The van der Waals surface area contributed by atoms with Crippen LogP contribution in [0, 0.1) is 22.7 Å². The minimum Gasteiger partial charge on any atom is -0.504 e. The fraction of sp³-hybridized carbons (Fsp3) is 0.593. The van der Waals surface area contributed by atoms with Crippen LogP contribution in [0.5, 0.6) is 11.5 Å². The summed E-state index contributed by atoms with van der Waals surface area (Å²) >= 11 is 0. The van der Waals surface area contributed by atoms with Crippen molar-refractivity contribution in [1.82, 2.24) is 0 Å². The maximum Gasteiger partial charge on any atom is 0.336 e. The summed E-state index contributed by atoms with van der Waals surface area (Å²) in [6.07, 6.45) is 4.86. The number of cyclic esters (lactones) is 1. The molecule has 2 unspecified atom stereocenters. The number of esters is 1. The molecule has 7 heteroatoms. The maximum atomic E-state index is 12.0. The van der Waals surface area contributed by atoms with Crippen LogP contribution >= 0.6 is 0 Å². The quantitative estimate of drug-likeness (QED) is 0.264. The molecule has 2 aliphatic carbocycles. The maximum absolute atomic E-state index is 12.0. The highest BCUT2D eigenvalue weighted by atomic mass is 16.7. The molecule has 1 aromatic rings. The summed E-state index contributed by atoms with van der Waals surface area (Å²) in [6.45, 7) is 9.55.